The molecule has 1 fully saturated rings. The fourth-order valence-corrected chi connectivity index (χ4v) is 2.31. The summed E-state index contributed by atoms with van der Waals surface area (Å²) in [7, 11) is 1.99. The van der Waals surface area contributed by atoms with Gasteiger partial charge in [0.2, 0.25) is 0 Å². The Kier molecular flexibility index (Phi) is 5.91. The van der Waals surface area contributed by atoms with Crippen molar-refractivity contribution in [1.82, 2.24) is 10.2 Å². The maximum atomic E-state index is 12.1. The molecule has 1 N–H and O–H groups in total. The molecule has 1 saturated heterocycles. The van der Waals surface area contributed by atoms with Gasteiger partial charge in [-0.15, -0.1) is 0 Å². The second kappa shape index (κ2) is 7.20. The predicted molar refractivity (Wildman–Crippen MR) is 68.1 cm³/mol. The number of esters is 1. The summed E-state index contributed by atoms with van der Waals surface area (Å²) in [6, 6.07) is 0. The molecule has 0 aromatic rings. The molecule has 1 heterocycles. The molecule has 0 bridgehead atoms. The van der Waals surface area contributed by atoms with Crippen LogP contribution in [0.25, 0.3) is 10.4 Å². The average molecular weight is 255 g/mol. The molecule has 1 rings (SSSR count). The Hall–Kier alpha value is -1.30. The second-order valence-corrected chi connectivity index (χ2v) is 4.53. The number of nitrogens with zero attached hydrogens (tertiary/aromatic N) is 4. The highest BCUT2D eigenvalue weighted by atomic mass is 16.5. The van der Waals surface area contributed by atoms with Gasteiger partial charge < -0.3 is 15.0 Å². The van der Waals surface area contributed by atoms with Gasteiger partial charge in [-0.05, 0) is 38.9 Å². The summed E-state index contributed by atoms with van der Waals surface area (Å²) >= 11 is 0. The minimum atomic E-state index is -0.659. The van der Waals surface area contributed by atoms with Gasteiger partial charge in [-0.2, -0.15) is 0 Å². The van der Waals surface area contributed by atoms with Gasteiger partial charge in [-0.3, -0.25) is 0 Å². The van der Waals surface area contributed by atoms with Crippen LogP contribution in [0.3, 0.4) is 0 Å². The molecular weight excluding hydrogens is 234 g/mol. The molecule has 0 saturated carbocycles. The van der Waals surface area contributed by atoms with E-state index in [0.29, 0.717) is 26.2 Å². The van der Waals surface area contributed by atoms with E-state index in [1.165, 1.54) is 0 Å². The number of likely N-dealkylation sites (N-methyl/N-ethyl adjacent to an activating group) is 1. The first-order valence-corrected chi connectivity index (χ1v) is 6.26. The van der Waals surface area contributed by atoms with E-state index < -0.39 is 5.54 Å². The van der Waals surface area contributed by atoms with Crippen LogP contribution in [0.15, 0.2) is 5.11 Å². The molecule has 1 unspecified atom stereocenters. The SMILES string of the molecule is CCOC(=O)C1(NCCN=[N+]=[N-])CCCN(C)C1. The monoisotopic (exact) mass is 255 g/mol. The molecule has 0 aliphatic carbocycles. The van der Waals surface area contributed by atoms with Crippen molar-refractivity contribution in [3.05, 3.63) is 10.4 Å². The van der Waals surface area contributed by atoms with Crippen molar-refractivity contribution in [2.45, 2.75) is 25.3 Å². The summed E-state index contributed by atoms with van der Waals surface area (Å²) in [5.41, 5.74) is 7.57. The highest BCUT2D eigenvalue weighted by Crippen LogP contribution is 2.22. The van der Waals surface area contributed by atoms with Crippen LogP contribution in [-0.4, -0.2) is 56.2 Å². The molecule has 7 heteroatoms. The lowest BCUT2D eigenvalue weighted by atomic mass is 9.89. The fraction of sp³-hybridized carbons (Fsp3) is 0.909. The normalized spacial score (nSPS) is 24.3. The minimum absolute atomic E-state index is 0.211. The third-order valence-electron chi connectivity index (χ3n) is 3.09. The van der Waals surface area contributed by atoms with Gasteiger partial charge in [-0.25, -0.2) is 4.79 Å². The zero-order valence-electron chi connectivity index (χ0n) is 11.1. The highest BCUT2D eigenvalue weighted by Gasteiger charge is 2.42. The summed E-state index contributed by atoms with van der Waals surface area (Å²) in [6.07, 6.45) is 1.70. The van der Waals surface area contributed by atoms with Gasteiger partial charge in [0.05, 0.1) is 6.61 Å². The van der Waals surface area contributed by atoms with Crippen LogP contribution in [0, 0.1) is 0 Å². The van der Waals surface area contributed by atoms with Crippen molar-refractivity contribution in [2.75, 3.05) is 39.8 Å². The number of likely N-dealkylation sites (tertiary alicyclic amines) is 1. The zero-order valence-corrected chi connectivity index (χ0v) is 11.1. The summed E-state index contributed by atoms with van der Waals surface area (Å²) in [5, 5.41) is 6.67. The van der Waals surface area contributed by atoms with E-state index in [1.54, 1.807) is 6.92 Å². The largest absolute Gasteiger partial charge is 0.465 e. The van der Waals surface area contributed by atoms with Crippen LogP contribution in [0.2, 0.25) is 0 Å². The number of piperidine rings is 1. The van der Waals surface area contributed by atoms with E-state index in [1.807, 2.05) is 7.05 Å². The summed E-state index contributed by atoms with van der Waals surface area (Å²) < 4.78 is 5.16. The minimum Gasteiger partial charge on any atom is -0.465 e. The van der Waals surface area contributed by atoms with E-state index >= 15 is 0 Å². The van der Waals surface area contributed by atoms with Gasteiger partial charge >= 0.3 is 5.97 Å². The van der Waals surface area contributed by atoms with Crippen molar-refractivity contribution < 1.29 is 9.53 Å². The lowest BCUT2D eigenvalue weighted by Gasteiger charge is -2.40. The van der Waals surface area contributed by atoms with Gasteiger partial charge in [0.15, 0.2) is 0 Å². The van der Waals surface area contributed by atoms with Crippen molar-refractivity contribution in [3.8, 4) is 0 Å². The molecule has 1 aliphatic heterocycles. The topological polar surface area (TPSA) is 90.3 Å². The van der Waals surface area contributed by atoms with Crippen LogP contribution >= 0.6 is 0 Å². The van der Waals surface area contributed by atoms with Crippen molar-refractivity contribution in [2.24, 2.45) is 5.11 Å². The van der Waals surface area contributed by atoms with Crippen LogP contribution in [0.4, 0.5) is 0 Å². The zero-order chi connectivity index (χ0) is 13.4. The average Bonchev–Trinajstić information content (AvgIpc) is 2.35. The maximum absolute atomic E-state index is 12.1. The summed E-state index contributed by atoms with van der Waals surface area (Å²) in [6.45, 7) is 4.61. The number of rotatable bonds is 6. The smallest absolute Gasteiger partial charge is 0.327 e. The van der Waals surface area contributed by atoms with E-state index in [0.717, 1.165) is 19.4 Å². The van der Waals surface area contributed by atoms with Crippen LogP contribution in [-0.2, 0) is 9.53 Å². The number of hydrogen-bond donors (Lipinski definition) is 1. The molecule has 1 atom stereocenters. The molecule has 0 amide bonds. The Bertz CT molecular complexity index is 329. The Morgan fingerprint density at radius 2 is 2.44 bits per heavy atom. The van der Waals surface area contributed by atoms with Crippen molar-refractivity contribution in [3.63, 3.8) is 0 Å². The highest BCUT2D eigenvalue weighted by molar-refractivity contribution is 5.81. The number of ether oxygens (including phenoxy) is 1. The first-order valence-electron chi connectivity index (χ1n) is 6.26. The molecule has 0 spiro atoms. The molecule has 1 aliphatic rings. The Balaban J connectivity index is 2.66. The van der Waals surface area contributed by atoms with Crippen molar-refractivity contribution in [1.29, 1.82) is 0 Å². The van der Waals surface area contributed by atoms with Crippen LogP contribution in [0.5, 0.6) is 0 Å². The Morgan fingerprint density at radius 1 is 1.67 bits per heavy atom. The van der Waals surface area contributed by atoms with E-state index in [-0.39, 0.29) is 5.97 Å². The van der Waals surface area contributed by atoms with E-state index in [2.05, 4.69) is 20.2 Å². The van der Waals surface area contributed by atoms with Gasteiger partial charge in [0.1, 0.15) is 5.54 Å². The molecule has 0 radical (unpaired) electrons. The van der Waals surface area contributed by atoms with Crippen LogP contribution < -0.4 is 5.32 Å². The van der Waals surface area contributed by atoms with Gasteiger partial charge in [0, 0.05) is 24.5 Å². The third kappa shape index (κ3) is 3.87. The van der Waals surface area contributed by atoms with E-state index in [4.69, 9.17) is 10.3 Å². The quantitative estimate of drug-likeness (QED) is 0.251. The number of carbonyl (C=O) groups is 1. The van der Waals surface area contributed by atoms with Crippen molar-refractivity contribution >= 4 is 5.97 Å². The van der Waals surface area contributed by atoms with E-state index in [9.17, 15) is 4.79 Å². The van der Waals surface area contributed by atoms with Crippen LogP contribution in [0.1, 0.15) is 19.8 Å². The maximum Gasteiger partial charge on any atom is 0.327 e. The number of azide groups is 1. The Labute approximate surface area is 107 Å². The molecule has 18 heavy (non-hydrogen) atoms. The predicted octanol–water partition coefficient (Wildman–Crippen LogP) is 0.914. The second-order valence-electron chi connectivity index (χ2n) is 4.53. The molecular formula is C11H21N5O2. The molecule has 102 valence electrons. The Morgan fingerprint density at radius 3 is 3.06 bits per heavy atom. The van der Waals surface area contributed by atoms with Gasteiger partial charge in [-0.1, -0.05) is 5.11 Å². The number of nitrogens with one attached hydrogen (secondary N) is 1. The lowest BCUT2D eigenvalue weighted by Crippen LogP contribution is -2.62. The lowest BCUT2D eigenvalue weighted by molar-refractivity contribution is -0.153. The standard InChI is InChI=1S/C11H21N5O2/c1-3-18-10(17)11(13-6-7-14-15-12)5-4-8-16(2)9-11/h13H,3-9H2,1-2H3. The fourth-order valence-electron chi connectivity index (χ4n) is 2.31. The number of carbonyl (C=O) groups excluding carboxylic acids is 1. The first-order chi connectivity index (χ1) is 8.64. The summed E-state index contributed by atoms with van der Waals surface area (Å²) in [5.74, 6) is -0.211. The summed E-state index contributed by atoms with van der Waals surface area (Å²) in [4.78, 5) is 16.9. The molecule has 0 aromatic heterocycles. The number of hydrogen-bond acceptors (Lipinski definition) is 5. The first kappa shape index (κ1) is 14.8. The molecule has 7 nitrogen and oxygen atoms in total. The van der Waals surface area contributed by atoms with Gasteiger partial charge in [0.25, 0.3) is 0 Å². The third-order valence-corrected chi connectivity index (χ3v) is 3.09. The molecule has 0 aromatic carbocycles.